The Morgan fingerprint density at radius 1 is 1.36 bits per heavy atom. The zero-order valence-electron chi connectivity index (χ0n) is 12.9. The van der Waals surface area contributed by atoms with Gasteiger partial charge in [-0.2, -0.15) is 0 Å². The molecule has 2 N–H and O–H groups in total. The van der Waals surface area contributed by atoms with Gasteiger partial charge in [0.15, 0.2) is 0 Å². The maximum Gasteiger partial charge on any atom is 0.305 e. The zero-order valence-corrected chi connectivity index (χ0v) is 13.7. The van der Waals surface area contributed by atoms with Crippen LogP contribution in [0.15, 0.2) is 29.2 Å². The smallest absolute Gasteiger partial charge is 0.305 e. The van der Waals surface area contributed by atoms with Gasteiger partial charge in [-0.25, -0.2) is 0 Å². The van der Waals surface area contributed by atoms with E-state index in [2.05, 4.69) is 5.32 Å². The first kappa shape index (κ1) is 18.3. The summed E-state index contributed by atoms with van der Waals surface area (Å²) in [6, 6.07) is 7.39. The van der Waals surface area contributed by atoms with Gasteiger partial charge < -0.3 is 19.9 Å². The van der Waals surface area contributed by atoms with Crippen LogP contribution in [0.25, 0.3) is 0 Å². The SMILES string of the molecule is COCC(C)(CC(=O)O)NC(=O)CSc1cccc(OC)c1. The summed E-state index contributed by atoms with van der Waals surface area (Å²) in [7, 11) is 3.05. The Labute approximate surface area is 134 Å². The van der Waals surface area contributed by atoms with Crippen molar-refractivity contribution in [3.63, 3.8) is 0 Å². The number of carbonyl (C=O) groups is 2. The fraction of sp³-hybridized carbons (Fsp3) is 0.467. The minimum atomic E-state index is -0.986. The first-order valence-electron chi connectivity index (χ1n) is 6.67. The lowest BCUT2D eigenvalue weighted by molar-refractivity contribution is -0.139. The van der Waals surface area contributed by atoms with E-state index in [0.29, 0.717) is 0 Å². The molecule has 0 heterocycles. The van der Waals surface area contributed by atoms with Crippen LogP contribution >= 0.6 is 11.8 Å². The van der Waals surface area contributed by atoms with Crippen molar-refractivity contribution in [1.82, 2.24) is 5.32 Å². The summed E-state index contributed by atoms with van der Waals surface area (Å²) < 4.78 is 10.1. The number of aliphatic carboxylic acids is 1. The molecule has 1 atom stereocenters. The van der Waals surface area contributed by atoms with Gasteiger partial charge in [0.1, 0.15) is 5.75 Å². The predicted molar refractivity (Wildman–Crippen MR) is 84.4 cm³/mol. The summed E-state index contributed by atoms with van der Waals surface area (Å²) in [6.07, 6.45) is -0.198. The zero-order chi connectivity index (χ0) is 16.6. The maximum absolute atomic E-state index is 12.0. The Bertz CT molecular complexity index is 522. The average molecular weight is 327 g/mol. The minimum absolute atomic E-state index is 0.134. The number of benzene rings is 1. The second-order valence-corrected chi connectivity index (χ2v) is 6.13. The van der Waals surface area contributed by atoms with E-state index in [1.807, 2.05) is 24.3 Å². The monoisotopic (exact) mass is 327 g/mol. The standard InChI is InChI=1S/C15H21NO5S/c1-15(10-20-2,8-14(18)19)16-13(17)9-22-12-6-4-5-11(7-12)21-3/h4-7H,8-10H2,1-3H3,(H,16,17)(H,18,19). The van der Waals surface area contributed by atoms with Crippen molar-refractivity contribution < 1.29 is 24.2 Å². The van der Waals surface area contributed by atoms with Crippen LogP contribution in [0.3, 0.4) is 0 Å². The summed E-state index contributed by atoms with van der Waals surface area (Å²) in [5, 5.41) is 11.7. The van der Waals surface area contributed by atoms with Crippen molar-refractivity contribution in [1.29, 1.82) is 0 Å². The Balaban J connectivity index is 2.58. The molecule has 6 nitrogen and oxygen atoms in total. The van der Waals surface area contributed by atoms with Crippen LogP contribution in [0.5, 0.6) is 5.75 Å². The van der Waals surface area contributed by atoms with Gasteiger partial charge in [0.25, 0.3) is 0 Å². The molecule has 0 saturated carbocycles. The van der Waals surface area contributed by atoms with Crippen molar-refractivity contribution in [3.8, 4) is 5.75 Å². The highest BCUT2D eigenvalue weighted by molar-refractivity contribution is 8.00. The molecule has 1 rings (SSSR count). The van der Waals surface area contributed by atoms with E-state index in [-0.39, 0.29) is 24.7 Å². The summed E-state index contributed by atoms with van der Waals surface area (Å²) in [4.78, 5) is 23.8. The van der Waals surface area contributed by atoms with Gasteiger partial charge in [-0.1, -0.05) is 6.07 Å². The average Bonchev–Trinajstić information content (AvgIpc) is 2.44. The van der Waals surface area contributed by atoms with E-state index in [4.69, 9.17) is 14.6 Å². The van der Waals surface area contributed by atoms with Crippen molar-refractivity contribution in [2.24, 2.45) is 0 Å². The number of carboxylic acids is 1. The van der Waals surface area contributed by atoms with Gasteiger partial charge in [0, 0.05) is 12.0 Å². The second kappa shape index (κ2) is 8.65. The van der Waals surface area contributed by atoms with E-state index >= 15 is 0 Å². The van der Waals surface area contributed by atoms with Crippen molar-refractivity contribution in [3.05, 3.63) is 24.3 Å². The fourth-order valence-electron chi connectivity index (χ4n) is 2.00. The van der Waals surface area contributed by atoms with E-state index in [0.717, 1.165) is 10.6 Å². The number of amides is 1. The lowest BCUT2D eigenvalue weighted by Crippen LogP contribution is -2.51. The van der Waals surface area contributed by atoms with Crippen molar-refractivity contribution in [2.75, 3.05) is 26.6 Å². The van der Waals surface area contributed by atoms with Crippen LogP contribution in [-0.4, -0.2) is 49.1 Å². The van der Waals surface area contributed by atoms with E-state index in [9.17, 15) is 9.59 Å². The van der Waals surface area contributed by atoms with Crippen LogP contribution in [0, 0.1) is 0 Å². The predicted octanol–water partition coefficient (Wildman–Crippen LogP) is 1.78. The van der Waals surface area contributed by atoms with Crippen LogP contribution in [0.1, 0.15) is 13.3 Å². The third-order valence-corrected chi connectivity index (χ3v) is 3.85. The largest absolute Gasteiger partial charge is 0.497 e. The van der Waals surface area contributed by atoms with Crippen LogP contribution < -0.4 is 10.1 Å². The number of hydrogen-bond acceptors (Lipinski definition) is 5. The highest BCUT2D eigenvalue weighted by Gasteiger charge is 2.29. The number of carbonyl (C=O) groups excluding carboxylic acids is 1. The lowest BCUT2D eigenvalue weighted by atomic mass is 9.99. The lowest BCUT2D eigenvalue weighted by Gasteiger charge is -2.28. The molecule has 0 spiro atoms. The molecule has 0 bridgehead atoms. The summed E-state index contributed by atoms with van der Waals surface area (Å²) >= 11 is 1.36. The number of thioether (sulfide) groups is 1. The van der Waals surface area contributed by atoms with Gasteiger partial charge in [0.05, 0.1) is 31.4 Å². The summed E-state index contributed by atoms with van der Waals surface area (Å²) in [5.74, 6) is -0.319. The van der Waals surface area contributed by atoms with Crippen LogP contribution in [0.4, 0.5) is 0 Å². The molecule has 0 fully saturated rings. The van der Waals surface area contributed by atoms with Gasteiger partial charge >= 0.3 is 5.97 Å². The van der Waals surface area contributed by atoms with Gasteiger partial charge in [-0.3, -0.25) is 9.59 Å². The molecule has 0 saturated heterocycles. The second-order valence-electron chi connectivity index (χ2n) is 5.08. The molecular weight excluding hydrogens is 306 g/mol. The maximum atomic E-state index is 12.0. The van der Waals surface area contributed by atoms with Crippen LogP contribution in [0.2, 0.25) is 0 Å². The Morgan fingerprint density at radius 2 is 2.09 bits per heavy atom. The van der Waals surface area contributed by atoms with Gasteiger partial charge in [0.2, 0.25) is 5.91 Å². The molecule has 0 aliphatic rings. The number of hydrogen-bond donors (Lipinski definition) is 2. The number of rotatable bonds is 9. The first-order valence-corrected chi connectivity index (χ1v) is 7.66. The molecule has 1 aromatic rings. The third kappa shape index (κ3) is 6.36. The molecule has 1 unspecified atom stereocenters. The molecule has 22 heavy (non-hydrogen) atoms. The molecule has 122 valence electrons. The Hall–Kier alpha value is -1.73. The first-order chi connectivity index (χ1) is 10.4. The number of carboxylic acid groups (broad SMARTS) is 1. The number of ether oxygens (including phenoxy) is 2. The normalized spacial score (nSPS) is 13.2. The molecule has 7 heteroatoms. The highest BCUT2D eigenvalue weighted by Crippen LogP contribution is 2.22. The third-order valence-electron chi connectivity index (χ3n) is 2.86. The Morgan fingerprint density at radius 3 is 2.68 bits per heavy atom. The van der Waals surface area contributed by atoms with Gasteiger partial charge in [-0.15, -0.1) is 11.8 Å². The van der Waals surface area contributed by atoms with E-state index < -0.39 is 11.5 Å². The molecule has 0 aliphatic heterocycles. The Kier molecular flexibility index (Phi) is 7.20. The van der Waals surface area contributed by atoms with Crippen molar-refractivity contribution >= 4 is 23.6 Å². The molecule has 0 aliphatic carbocycles. The number of nitrogens with one attached hydrogen (secondary N) is 1. The topological polar surface area (TPSA) is 84.9 Å². The van der Waals surface area contributed by atoms with E-state index in [1.165, 1.54) is 18.9 Å². The molecule has 1 amide bonds. The molecular formula is C15H21NO5S. The summed E-state index contributed by atoms with van der Waals surface area (Å²) in [6.45, 7) is 1.79. The van der Waals surface area contributed by atoms with Gasteiger partial charge in [-0.05, 0) is 25.1 Å². The molecule has 0 radical (unpaired) electrons. The number of methoxy groups -OCH3 is 2. The van der Waals surface area contributed by atoms with E-state index in [1.54, 1.807) is 14.0 Å². The highest BCUT2D eigenvalue weighted by atomic mass is 32.2. The molecule has 0 aromatic heterocycles. The molecule has 1 aromatic carbocycles. The minimum Gasteiger partial charge on any atom is -0.497 e. The van der Waals surface area contributed by atoms with Crippen molar-refractivity contribution in [2.45, 2.75) is 23.8 Å². The van der Waals surface area contributed by atoms with Crippen LogP contribution in [-0.2, 0) is 14.3 Å². The quantitative estimate of drug-likeness (QED) is 0.673. The summed E-state index contributed by atoms with van der Waals surface area (Å²) in [5.41, 5.74) is -0.924. The fourth-order valence-corrected chi connectivity index (χ4v) is 2.74.